The van der Waals surface area contributed by atoms with E-state index in [1.54, 1.807) is 12.1 Å². The van der Waals surface area contributed by atoms with E-state index in [0.717, 1.165) is 25.2 Å². The van der Waals surface area contributed by atoms with Crippen molar-refractivity contribution in [3.05, 3.63) is 112 Å². The molecule has 1 fully saturated rings. The number of nitrogens with zero attached hydrogens (tertiary/aromatic N) is 3. The van der Waals surface area contributed by atoms with Crippen LogP contribution < -0.4 is 0 Å². The zero-order chi connectivity index (χ0) is 20.2. The van der Waals surface area contributed by atoms with Gasteiger partial charge in [-0.1, -0.05) is 72.8 Å². The van der Waals surface area contributed by atoms with Gasteiger partial charge in [0, 0.05) is 31.7 Å². The quantitative estimate of drug-likeness (QED) is 0.441. The number of nitro benzene ring substituents is 1. The Morgan fingerprint density at radius 3 is 2.03 bits per heavy atom. The summed E-state index contributed by atoms with van der Waals surface area (Å²) in [5, 5.41) is 11.8. The lowest BCUT2D eigenvalue weighted by Crippen LogP contribution is -2.33. The van der Waals surface area contributed by atoms with Crippen molar-refractivity contribution in [2.75, 3.05) is 6.54 Å². The van der Waals surface area contributed by atoms with E-state index in [9.17, 15) is 10.1 Å². The lowest BCUT2D eigenvalue weighted by atomic mass is 10.1. The highest BCUT2D eigenvalue weighted by atomic mass is 16.6. The summed E-state index contributed by atoms with van der Waals surface area (Å²) in [6, 6.07) is 28.1. The van der Waals surface area contributed by atoms with Gasteiger partial charge in [-0.3, -0.25) is 19.9 Å². The van der Waals surface area contributed by atoms with Crippen molar-refractivity contribution in [2.45, 2.75) is 32.2 Å². The minimum absolute atomic E-state index is 0.146. The summed E-state index contributed by atoms with van der Waals surface area (Å²) in [5.74, 6) is 0. The van der Waals surface area contributed by atoms with E-state index in [1.807, 2.05) is 48.5 Å². The molecular weight excluding hydrogens is 362 g/mol. The van der Waals surface area contributed by atoms with Crippen LogP contribution in [-0.2, 0) is 13.1 Å². The molecule has 148 valence electrons. The SMILES string of the molecule is CC1CN(Cc2ccccc2)C(c2ccccc2[N+](=O)[O-])N1Cc1ccccc1. The molecule has 0 spiro atoms. The van der Waals surface area contributed by atoms with Crippen LogP contribution in [0.5, 0.6) is 0 Å². The molecule has 3 aromatic carbocycles. The van der Waals surface area contributed by atoms with Gasteiger partial charge in [0.1, 0.15) is 0 Å². The fraction of sp³-hybridized carbons (Fsp3) is 0.250. The van der Waals surface area contributed by atoms with Gasteiger partial charge >= 0.3 is 0 Å². The molecule has 0 radical (unpaired) electrons. The lowest BCUT2D eigenvalue weighted by molar-refractivity contribution is -0.386. The fourth-order valence-corrected chi connectivity index (χ4v) is 4.25. The highest BCUT2D eigenvalue weighted by molar-refractivity contribution is 5.42. The van der Waals surface area contributed by atoms with E-state index >= 15 is 0 Å². The van der Waals surface area contributed by atoms with Crippen LogP contribution >= 0.6 is 0 Å². The van der Waals surface area contributed by atoms with E-state index in [-0.39, 0.29) is 22.8 Å². The number of hydrogen-bond donors (Lipinski definition) is 0. The molecule has 5 nitrogen and oxygen atoms in total. The van der Waals surface area contributed by atoms with Gasteiger partial charge in [-0.05, 0) is 24.1 Å². The predicted molar refractivity (Wildman–Crippen MR) is 114 cm³/mol. The minimum Gasteiger partial charge on any atom is -0.278 e. The summed E-state index contributed by atoms with van der Waals surface area (Å²) in [7, 11) is 0. The van der Waals surface area contributed by atoms with Gasteiger partial charge in [0.15, 0.2) is 0 Å². The Labute approximate surface area is 171 Å². The molecule has 1 heterocycles. The maximum Gasteiger partial charge on any atom is 0.275 e. The predicted octanol–water partition coefficient (Wildman–Crippen LogP) is 5.00. The topological polar surface area (TPSA) is 49.6 Å². The van der Waals surface area contributed by atoms with E-state index in [0.29, 0.717) is 0 Å². The molecule has 1 saturated heterocycles. The number of benzene rings is 3. The molecule has 0 aromatic heterocycles. The zero-order valence-electron chi connectivity index (χ0n) is 16.5. The second-order valence-electron chi connectivity index (χ2n) is 7.61. The van der Waals surface area contributed by atoms with Crippen LogP contribution in [0.15, 0.2) is 84.9 Å². The van der Waals surface area contributed by atoms with Gasteiger partial charge in [0.25, 0.3) is 5.69 Å². The molecule has 1 aliphatic rings. The first-order chi connectivity index (χ1) is 14.1. The summed E-state index contributed by atoms with van der Waals surface area (Å²) < 4.78 is 0. The molecule has 0 amide bonds. The molecule has 4 rings (SSSR count). The average Bonchev–Trinajstić information content (AvgIpc) is 3.04. The molecule has 29 heavy (non-hydrogen) atoms. The van der Waals surface area contributed by atoms with E-state index < -0.39 is 0 Å². The largest absolute Gasteiger partial charge is 0.278 e. The Bertz CT molecular complexity index is 962. The van der Waals surface area contributed by atoms with Crippen LogP contribution in [0.2, 0.25) is 0 Å². The summed E-state index contributed by atoms with van der Waals surface area (Å²) in [6.45, 7) is 4.57. The molecule has 1 aliphatic heterocycles. The molecule has 0 aliphatic carbocycles. The third-order valence-electron chi connectivity index (χ3n) is 5.57. The van der Waals surface area contributed by atoms with Crippen molar-refractivity contribution in [3.8, 4) is 0 Å². The molecular formula is C24H25N3O2. The van der Waals surface area contributed by atoms with Crippen molar-refractivity contribution in [1.82, 2.24) is 9.80 Å². The molecule has 2 atom stereocenters. The van der Waals surface area contributed by atoms with Crippen LogP contribution in [0.25, 0.3) is 0 Å². The Kier molecular flexibility index (Phi) is 5.69. The van der Waals surface area contributed by atoms with E-state index in [2.05, 4.69) is 41.0 Å². The summed E-state index contributed by atoms with van der Waals surface area (Å²) in [4.78, 5) is 16.2. The van der Waals surface area contributed by atoms with Gasteiger partial charge < -0.3 is 0 Å². The van der Waals surface area contributed by atoms with E-state index in [4.69, 9.17) is 0 Å². The normalized spacial score (nSPS) is 20.0. The number of hydrogen-bond acceptors (Lipinski definition) is 4. The highest BCUT2D eigenvalue weighted by Gasteiger charge is 2.40. The van der Waals surface area contributed by atoms with Crippen LogP contribution in [0.4, 0.5) is 5.69 Å². The molecule has 0 bridgehead atoms. The molecule has 3 aromatic rings. The Morgan fingerprint density at radius 2 is 1.41 bits per heavy atom. The van der Waals surface area contributed by atoms with Crippen LogP contribution in [-0.4, -0.2) is 27.3 Å². The monoisotopic (exact) mass is 387 g/mol. The van der Waals surface area contributed by atoms with Gasteiger partial charge in [-0.15, -0.1) is 0 Å². The zero-order valence-corrected chi connectivity index (χ0v) is 16.5. The van der Waals surface area contributed by atoms with Gasteiger partial charge in [-0.2, -0.15) is 0 Å². The third-order valence-corrected chi connectivity index (χ3v) is 5.57. The molecule has 0 saturated carbocycles. The van der Waals surface area contributed by atoms with Crippen molar-refractivity contribution >= 4 is 5.69 Å². The van der Waals surface area contributed by atoms with Crippen LogP contribution in [0.1, 0.15) is 29.8 Å². The average molecular weight is 387 g/mol. The smallest absolute Gasteiger partial charge is 0.275 e. The summed E-state index contributed by atoms with van der Waals surface area (Å²) in [5.41, 5.74) is 3.37. The highest BCUT2D eigenvalue weighted by Crippen LogP contribution is 2.39. The fourth-order valence-electron chi connectivity index (χ4n) is 4.25. The Morgan fingerprint density at radius 1 is 0.862 bits per heavy atom. The second kappa shape index (κ2) is 8.55. The van der Waals surface area contributed by atoms with Gasteiger partial charge in [0.05, 0.1) is 16.7 Å². The summed E-state index contributed by atoms with van der Waals surface area (Å²) in [6.07, 6.45) is -0.146. The van der Waals surface area contributed by atoms with Crippen molar-refractivity contribution < 1.29 is 4.92 Å². The Balaban J connectivity index is 1.73. The standard InChI is InChI=1S/C24H25N3O2/c1-19-16-25(17-20-10-4-2-5-11-20)24(22-14-8-9-15-23(22)27(28)29)26(19)18-21-12-6-3-7-13-21/h2-15,19,24H,16-18H2,1H3. The van der Waals surface area contributed by atoms with Crippen molar-refractivity contribution in [2.24, 2.45) is 0 Å². The maximum atomic E-state index is 11.8. The third kappa shape index (κ3) is 4.21. The molecule has 2 unspecified atom stereocenters. The summed E-state index contributed by atoms with van der Waals surface area (Å²) >= 11 is 0. The number of rotatable bonds is 6. The Hall–Kier alpha value is -3.02. The molecule has 5 heteroatoms. The maximum absolute atomic E-state index is 11.8. The van der Waals surface area contributed by atoms with E-state index in [1.165, 1.54) is 11.1 Å². The minimum atomic E-state index is -0.264. The number of nitro groups is 1. The second-order valence-corrected chi connectivity index (χ2v) is 7.61. The first-order valence-electron chi connectivity index (χ1n) is 9.94. The van der Waals surface area contributed by atoms with Gasteiger partial charge in [-0.25, -0.2) is 0 Å². The van der Waals surface area contributed by atoms with Gasteiger partial charge in [0.2, 0.25) is 0 Å². The molecule has 0 N–H and O–H groups in total. The first-order valence-corrected chi connectivity index (χ1v) is 9.94. The first kappa shape index (κ1) is 19.3. The van der Waals surface area contributed by atoms with Crippen LogP contribution in [0.3, 0.4) is 0 Å². The van der Waals surface area contributed by atoms with Crippen molar-refractivity contribution in [1.29, 1.82) is 0 Å². The van der Waals surface area contributed by atoms with Crippen molar-refractivity contribution in [3.63, 3.8) is 0 Å². The number of para-hydroxylation sites is 1. The lowest BCUT2D eigenvalue weighted by Gasteiger charge is -2.31. The van der Waals surface area contributed by atoms with Crippen LogP contribution in [0, 0.1) is 10.1 Å².